The SMILES string of the molecule is CC(C)(C)c1cc(C(=O)N2C[C@H](C(=O)O)[C@@H](C3CC3)C2)n[nH]1. The highest BCUT2D eigenvalue weighted by molar-refractivity contribution is 5.93. The van der Waals surface area contributed by atoms with E-state index in [9.17, 15) is 14.7 Å². The molecule has 6 nitrogen and oxygen atoms in total. The summed E-state index contributed by atoms with van der Waals surface area (Å²) >= 11 is 0. The Labute approximate surface area is 129 Å². The lowest BCUT2D eigenvalue weighted by Gasteiger charge is -2.15. The molecule has 2 fully saturated rings. The minimum atomic E-state index is -0.787. The Morgan fingerprint density at radius 2 is 2.00 bits per heavy atom. The summed E-state index contributed by atoms with van der Waals surface area (Å²) in [5, 5.41) is 16.4. The third-order valence-corrected chi connectivity index (χ3v) is 4.80. The Morgan fingerprint density at radius 3 is 2.50 bits per heavy atom. The van der Waals surface area contributed by atoms with E-state index >= 15 is 0 Å². The van der Waals surface area contributed by atoms with Crippen LogP contribution < -0.4 is 0 Å². The Bertz CT molecular complexity index is 598. The van der Waals surface area contributed by atoms with Crippen LogP contribution in [-0.2, 0) is 10.2 Å². The lowest BCUT2D eigenvalue weighted by Crippen LogP contribution is -2.30. The van der Waals surface area contributed by atoms with E-state index in [0.717, 1.165) is 18.5 Å². The molecule has 3 rings (SSSR count). The summed E-state index contributed by atoms with van der Waals surface area (Å²) in [6, 6.07) is 1.78. The molecule has 1 aromatic rings. The maximum absolute atomic E-state index is 12.6. The second-order valence-electron chi connectivity index (χ2n) is 7.57. The molecule has 0 radical (unpaired) electrons. The first-order chi connectivity index (χ1) is 10.3. The Balaban J connectivity index is 1.75. The fourth-order valence-electron chi connectivity index (χ4n) is 3.24. The van der Waals surface area contributed by atoms with E-state index in [1.807, 2.05) is 20.8 Å². The van der Waals surface area contributed by atoms with Gasteiger partial charge in [-0.25, -0.2) is 0 Å². The summed E-state index contributed by atoms with van der Waals surface area (Å²) in [6.45, 7) is 6.99. The van der Waals surface area contributed by atoms with Gasteiger partial charge in [-0.3, -0.25) is 14.7 Å². The van der Waals surface area contributed by atoms with E-state index in [-0.39, 0.29) is 17.2 Å². The molecule has 0 aromatic carbocycles. The van der Waals surface area contributed by atoms with Crippen LogP contribution in [0.2, 0.25) is 0 Å². The molecule has 2 aliphatic rings. The zero-order valence-electron chi connectivity index (χ0n) is 13.3. The zero-order chi connectivity index (χ0) is 16.1. The molecule has 1 saturated heterocycles. The molecule has 2 atom stereocenters. The van der Waals surface area contributed by atoms with Crippen LogP contribution in [-0.4, -0.2) is 45.2 Å². The second-order valence-corrected chi connectivity index (χ2v) is 7.57. The second kappa shape index (κ2) is 5.11. The molecule has 0 spiro atoms. The molecule has 6 heteroatoms. The van der Waals surface area contributed by atoms with Crippen LogP contribution in [0.5, 0.6) is 0 Å². The van der Waals surface area contributed by atoms with Crippen LogP contribution in [0.25, 0.3) is 0 Å². The van der Waals surface area contributed by atoms with Crippen molar-refractivity contribution in [3.05, 3.63) is 17.5 Å². The number of likely N-dealkylation sites (tertiary alicyclic amines) is 1. The van der Waals surface area contributed by atoms with Crippen molar-refractivity contribution < 1.29 is 14.7 Å². The molecule has 2 N–H and O–H groups in total. The number of nitrogens with zero attached hydrogens (tertiary/aromatic N) is 2. The van der Waals surface area contributed by atoms with E-state index in [1.54, 1.807) is 11.0 Å². The molecular formula is C16H23N3O3. The van der Waals surface area contributed by atoms with Gasteiger partial charge in [0.25, 0.3) is 5.91 Å². The van der Waals surface area contributed by atoms with Crippen LogP contribution in [0.4, 0.5) is 0 Å². The average Bonchev–Trinajstić information content (AvgIpc) is 3.00. The first-order valence-corrected chi connectivity index (χ1v) is 7.85. The van der Waals surface area contributed by atoms with Crippen molar-refractivity contribution in [3.8, 4) is 0 Å². The predicted octanol–water partition coefficient (Wildman–Crippen LogP) is 1.89. The minimum absolute atomic E-state index is 0.0995. The van der Waals surface area contributed by atoms with Gasteiger partial charge >= 0.3 is 5.97 Å². The van der Waals surface area contributed by atoms with Crippen molar-refractivity contribution in [1.29, 1.82) is 0 Å². The Kier molecular flexibility index (Phi) is 3.50. The first-order valence-electron chi connectivity index (χ1n) is 7.85. The molecular weight excluding hydrogens is 282 g/mol. The fraction of sp³-hybridized carbons (Fsp3) is 0.688. The Hall–Kier alpha value is -1.85. The largest absolute Gasteiger partial charge is 0.481 e. The summed E-state index contributed by atoms with van der Waals surface area (Å²) in [5.41, 5.74) is 1.19. The number of carboxylic acids is 1. The number of aromatic nitrogens is 2. The van der Waals surface area contributed by atoms with Crippen LogP contribution in [0, 0.1) is 17.8 Å². The van der Waals surface area contributed by atoms with Crippen LogP contribution in [0.15, 0.2) is 6.07 Å². The van der Waals surface area contributed by atoms with Gasteiger partial charge in [-0.15, -0.1) is 0 Å². The summed E-state index contributed by atoms with van der Waals surface area (Å²) in [5.74, 6) is -0.811. The number of hydrogen-bond donors (Lipinski definition) is 2. The first kappa shape index (κ1) is 15.1. The van der Waals surface area contributed by atoms with Gasteiger partial charge in [0.2, 0.25) is 0 Å². The number of carbonyl (C=O) groups is 2. The summed E-state index contributed by atoms with van der Waals surface area (Å²) in [4.78, 5) is 25.7. The van der Waals surface area contributed by atoms with Crippen molar-refractivity contribution in [3.63, 3.8) is 0 Å². The zero-order valence-corrected chi connectivity index (χ0v) is 13.3. The summed E-state index contributed by atoms with van der Waals surface area (Å²) < 4.78 is 0. The molecule has 120 valence electrons. The Morgan fingerprint density at radius 1 is 1.32 bits per heavy atom. The number of aliphatic carboxylic acids is 1. The van der Waals surface area contributed by atoms with Gasteiger partial charge in [0, 0.05) is 24.2 Å². The number of aromatic amines is 1. The van der Waals surface area contributed by atoms with Crippen molar-refractivity contribution in [2.75, 3.05) is 13.1 Å². The van der Waals surface area contributed by atoms with Crippen LogP contribution in [0.3, 0.4) is 0 Å². The predicted molar refractivity (Wildman–Crippen MR) is 80.5 cm³/mol. The van der Waals surface area contributed by atoms with Crippen LogP contribution in [0.1, 0.15) is 49.8 Å². The normalized spacial score (nSPS) is 25.5. The van der Waals surface area contributed by atoms with Gasteiger partial charge < -0.3 is 10.0 Å². The van der Waals surface area contributed by atoms with Crippen molar-refractivity contribution in [2.45, 2.75) is 39.0 Å². The fourth-order valence-corrected chi connectivity index (χ4v) is 3.24. The lowest BCUT2D eigenvalue weighted by molar-refractivity contribution is -0.142. The summed E-state index contributed by atoms with van der Waals surface area (Å²) in [6.07, 6.45) is 2.18. The minimum Gasteiger partial charge on any atom is -0.481 e. The number of amides is 1. The van der Waals surface area contributed by atoms with E-state index < -0.39 is 11.9 Å². The molecule has 22 heavy (non-hydrogen) atoms. The van der Waals surface area contributed by atoms with Gasteiger partial charge in [-0.1, -0.05) is 20.8 Å². The number of hydrogen-bond acceptors (Lipinski definition) is 3. The molecule has 1 saturated carbocycles. The third kappa shape index (κ3) is 2.74. The van der Waals surface area contributed by atoms with Crippen molar-refractivity contribution in [2.24, 2.45) is 17.8 Å². The molecule has 0 unspecified atom stereocenters. The van der Waals surface area contributed by atoms with Gasteiger partial charge in [-0.2, -0.15) is 5.10 Å². The quantitative estimate of drug-likeness (QED) is 0.893. The molecule has 1 aromatic heterocycles. The highest BCUT2D eigenvalue weighted by atomic mass is 16.4. The highest BCUT2D eigenvalue weighted by Crippen LogP contribution is 2.44. The molecule has 0 bridgehead atoms. The monoisotopic (exact) mass is 305 g/mol. The van der Waals surface area contributed by atoms with E-state index in [0.29, 0.717) is 24.7 Å². The number of H-pyrrole nitrogens is 1. The molecule has 1 aliphatic heterocycles. The smallest absolute Gasteiger partial charge is 0.308 e. The summed E-state index contributed by atoms with van der Waals surface area (Å²) in [7, 11) is 0. The average molecular weight is 305 g/mol. The van der Waals surface area contributed by atoms with E-state index in [1.165, 1.54) is 0 Å². The number of rotatable bonds is 3. The van der Waals surface area contributed by atoms with E-state index in [4.69, 9.17) is 0 Å². The standard InChI is InChI=1S/C16H23N3O3/c1-16(2,3)13-6-12(17-18-13)14(20)19-7-10(9-4-5-9)11(8-19)15(21)22/h6,9-11H,4-5,7-8H2,1-3H3,(H,17,18)(H,21,22)/t10-,11+/m1/s1. The van der Waals surface area contributed by atoms with Crippen LogP contribution >= 0.6 is 0 Å². The van der Waals surface area contributed by atoms with Gasteiger partial charge in [0.1, 0.15) is 5.69 Å². The van der Waals surface area contributed by atoms with E-state index in [2.05, 4.69) is 10.2 Å². The maximum atomic E-state index is 12.6. The topological polar surface area (TPSA) is 86.3 Å². The number of nitrogens with one attached hydrogen (secondary N) is 1. The van der Waals surface area contributed by atoms with Crippen molar-refractivity contribution >= 4 is 11.9 Å². The van der Waals surface area contributed by atoms with Gasteiger partial charge in [0.15, 0.2) is 0 Å². The molecule has 1 amide bonds. The van der Waals surface area contributed by atoms with Gasteiger partial charge in [0.05, 0.1) is 5.92 Å². The lowest BCUT2D eigenvalue weighted by atomic mass is 9.92. The molecule has 1 aliphatic carbocycles. The maximum Gasteiger partial charge on any atom is 0.308 e. The van der Waals surface area contributed by atoms with Crippen molar-refractivity contribution in [1.82, 2.24) is 15.1 Å². The molecule has 2 heterocycles. The van der Waals surface area contributed by atoms with Gasteiger partial charge in [-0.05, 0) is 30.7 Å². The highest BCUT2D eigenvalue weighted by Gasteiger charge is 2.47. The number of carboxylic acid groups (broad SMARTS) is 1. The third-order valence-electron chi connectivity index (χ3n) is 4.80. The number of carbonyl (C=O) groups excluding carboxylic acids is 1.